The second-order valence-electron chi connectivity index (χ2n) is 8.78. The van der Waals surface area contributed by atoms with Gasteiger partial charge in [-0.1, -0.05) is 38.1 Å². The van der Waals surface area contributed by atoms with E-state index in [9.17, 15) is 13.2 Å². The number of hydrogen-bond acceptors (Lipinski definition) is 5. The van der Waals surface area contributed by atoms with E-state index in [4.69, 9.17) is 0 Å². The molecule has 3 heterocycles. The maximum absolute atomic E-state index is 12.8. The molecule has 0 N–H and O–H groups in total. The molecule has 0 atom stereocenters. The Morgan fingerprint density at radius 1 is 0.818 bits per heavy atom. The lowest BCUT2D eigenvalue weighted by Gasteiger charge is -2.36. The molecule has 1 aliphatic rings. The van der Waals surface area contributed by atoms with Crippen LogP contribution in [0.1, 0.15) is 42.0 Å². The van der Waals surface area contributed by atoms with Crippen LogP contribution >= 0.6 is 0 Å². The van der Waals surface area contributed by atoms with E-state index in [2.05, 4.69) is 72.0 Å². The first-order chi connectivity index (χ1) is 15.6. The molecule has 1 fully saturated rings. The number of piperazine rings is 1. The Morgan fingerprint density at radius 2 is 1.45 bits per heavy atom. The Morgan fingerprint density at radius 3 is 2.00 bits per heavy atom. The number of hydrogen-bond donors (Lipinski definition) is 0. The fraction of sp³-hybridized carbons (Fsp3) is 0.400. The molecule has 0 saturated carbocycles. The molecule has 4 rings (SSSR count). The first-order valence-corrected chi connectivity index (χ1v) is 11.1. The zero-order chi connectivity index (χ0) is 23.8. The van der Waals surface area contributed by atoms with Gasteiger partial charge >= 0.3 is 6.18 Å². The van der Waals surface area contributed by atoms with Crippen molar-refractivity contribution < 1.29 is 13.2 Å². The van der Waals surface area contributed by atoms with Crippen molar-refractivity contribution in [1.82, 2.24) is 15.2 Å². The summed E-state index contributed by atoms with van der Waals surface area (Å²) in [5.41, 5.74) is 4.69. The molecule has 2 aromatic heterocycles. The predicted molar refractivity (Wildman–Crippen MR) is 125 cm³/mol. The normalized spacial score (nSPS) is 14.8. The monoisotopic (exact) mass is 455 g/mol. The summed E-state index contributed by atoms with van der Waals surface area (Å²) >= 11 is 0. The van der Waals surface area contributed by atoms with Gasteiger partial charge in [0, 0.05) is 37.9 Å². The van der Waals surface area contributed by atoms with Gasteiger partial charge in [0.25, 0.3) is 0 Å². The summed E-state index contributed by atoms with van der Waals surface area (Å²) in [7, 11) is 0. The Hall–Kier alpha value is -3.16. The molecule has 3 aromatic rings. The minimum absolute atomic E-state index is 0.479. The number of nitrogens with zero attached hydrogens (tertiary/aromatic N) is 5. The fourth-order valence-electron chi connectivity index (χ4n) is 4.08. The van der Waals surface area contributed by atoms with E-state index >= 15 is 0 Å². The van der Waals surface area contributed by atoms with Crippen LogP contribution in [0.15, 0.2) is 42.6 Å². The number of benzene rings is 1. The van der Waals surface area contributed by atoms with Gasteiger partial charge in [0.1, 0.15) is 5.82 Å². The second kappa shape index (κ2) is 9.00. The van der Waals surface area contributed by atoms with E-state index in [1.165, 1.54) is 11.6 Å². The Bertz CT molecular complexity index is 1100. The van der Waals surface area contributed by atoms with E-state index < -0.39 is 11.7 Å². The van der Waals surface area contributed by atoms with E-state index in [1.54, 1.807) is 0 Å². The lowest BCUT2D eigenvalue weighted by Crippen LogP contribution is -2.47. The molecular weight excluding hydrogens is 427 g/mol. The van der Waals surface area contributed by atoms with Crippen LogP contribution < -0.4 is 9.80 Å². The summed E-state index contributed by atoms with van der Waals surface area (Å²) < 4.78 is 38.4. The molecule has 1 saturated heterocycles. The maximum atomic E-state index is 12.8. The molecule has 1 aliphatic heterocycles. The second-order valence-corrected chi connectivity index (χ2v) is 8.78. The van der Waals surface area contributed by atoms with Gasteiger partial charge in [-0.25, -0.2) is 4.98 Å². The average Bonchev–Trinajstić information content (AvgIpc) is 2.80. The first-order valence-electron chi connectivity index (χ1n) is 11.1. The lowest BCUT2D eigenvalue weighted by molar-refractivity contribution is -0.137. The van der Waals surface area contributed by atoms with Crippen LogP contribution in [0.25, 0.3) is 11.3 Å². The Labute approximate surface area is 192 Å². The van der Waals surface area contributed by atoms with Crippen LogP contribution in [-0.4, -0.2) is 41.4 Å². The molecule has 0 aliphatic carbocycles. The minimum atomic E-state index is -4.37. The molecule has 5 nitrogen and oxygen atoms in total. The fourth-order valence-corrected chi connectivity index (χ4v) is 4.08. The van der Waals surface area contributed by atoms with E-state index in [1.807, 2.05) is 4.90 Å². The standard InChI is InChI=1S/C25H28F3N5/c1-16(2)19-5-7-20(8-6-19)23-17(3)18(4)24(31-30-23)33-13-11-32(12-14-33)22-10-9-21(15-29-22)25(26,27)28/h5-10,15-16H,11-14H2,1-4H3. The van der Waals surface area contributed by atoms with Gasteiger partial charge in [-0.3, -0.25) is 0 Å². The summed E-state index contributed by atoms with van der Waals surface area (Å²) in [6.07, 6.45) is -3.48. The molecule has 0 radical (unpaired) electrons. The van der Waals surface area contributed by atoms with Gasteiger partial charge in [0.15, 0.2) is 5.82 Å². The molecule has 0 unspecified atom stereocenters. The van der Waals surface area contributed by atoms with Gasteiger partial charge in [0.05, 0.1) is 11.3 Å². The summed E-state index contributed by atoms with van der Waals surface area (Å²) in [6, 6.07) is 11.0. The quantitative estimate of drug-likeness (QED) is 0.511. The number of aromatic nitrogens is 3. The Balaban J connectivity index is 1.47. The SMILES string of the molecule is Cc1c(-c2ccc(C(C)C)cc2)nnc(N2CCN(c3ccc(C(F)(F)F)cn3)CC2)c1C. The number of halogens is 3. The van der Waals surface area contributed by atoms with Crippen LogP contribution in [0.4, 0.5) is 24.8 Å². The van der Waals surface area contributed by atoms with Crippen molar-refractivity contribution in [3.63, 3.8) is 0 Å². The average molecular weight is 456 g/mol. The number of alkyl halides is 3. The molecule has 33 heavy (non-hydrogen) atoms. The molecular formula is C25H28F3N5. The first kappa shape index (κ1) is 23.0. The highest BCUT2D eigenvalue weighted by atomic mass is 19.4. The lowest BCUT2D eigenvalue weighted by atomic mass is 9.98. The van der Waals surface area contributed by atoms with E-state index in [0.29, 0.717) is 37.9 Å². The highest BCUT2D eigenvalue weighted by Crippen LogP contribution is 2.31. The zero-order valence-corrected chi connectivity index (χ0v) is 19.3. The highest BCUT2D eigenvalue weighted by molar-refractivity contribution is 5.67. The van der Waals surface area contributed by atoms with Crippen molar-refractivity contribution in [2.75, 3.05) is 36.0 Å². The summed E-state index contributed by atoms with van der Waals surface area (Å²) in [5, 5.41) is 9.09. The number of anilines is 2. The summed E-state index contributed by atoms with van der Waals surface area (Å²) in [6.45, 7) is 11.2. The predicted octanol–water partition coefficient (Wildman–Crippen LogP) is 5.62. The summed E-state index contributed by atoms with van der Waals surface area (Å²) in [5.74, 6) is 1.89. The van der Waals surface area contributed by atoms with Crippen LogP contribution in [0, 0.1) is 13.8 Å². The van der Waals surface area contributed by atoms with E-state index in [0.717, 1.165) is 40.5 Å². The topological polar surface area (TPSA) is 45.2 Å². The zero-order valence-electron chi connectivity index (χ0n) is 19.3. The summed E-state index contributed by atoms with van der Waals surface area (Å²) in [4.78, 5) is 8.20. The molecule has 0 bridgehead atoms. The van der Waals surface area contributed by atoms with Crippen molar-refractivity contribution in [2.24, 2.45) is 0 Å². The highest BCUT2D eigenvalue weighted by Gasteiger charge is 2.31. The Kier molecular flexibility index (Phi) is 6.28. The molecule has 0 amide bonds. The van der Waals surface area contributed by atoms with Gasteiger partial charge in [-0.15, -0.1) is 10.2 Å². The maximum Gasteiger partial charge on any atom is 0.417 e. The van der Waals surface area contributed by atoms with Gasteiger partial charge in [0.2, 0.25) is 0 Å². The largest absolute Gasteiger partial charge is 0.417 e. The van der Waals surface area contributed by atoms with Crippen LogP contribution in [0.5, 0.6) is 0 Å². The molecule has 0 spiro atoms. The van der Waals surface area contributed by atoms with Crippen molar-refractivity contribution in [3.05, 3.63) is 64.8 Å². The number of pyridine rings is 1. The van der Waals surface area contributed by atoms with Crippen molar-refractivity contribution in [2.45, 2.75) is 39.8 Å². The molecule has 8 heteroatoms. The van der Waals surface area contributed by atoms with Gasteiger partial charge in [-0.2, -0.15) is 13.2 Å². The third-order valence-corrected chi connectivity index (χ3v) is 6.33. The van der Waals surface area contributed by atoms with Gasteiger partial charge < -0.3 is 9.80 Å². The van der Waals surface area contributed by atoms with Crippen molar-refractivity contribution >= 4 is 11.6 Å². The van der Waals surface area contributed by atoms with Crippen LogP contribution in [0.2, 0.25) is 0 Å². The molecule has 174 valence electrons. The minimum Gasteiger partial charge on any atom is -0.353 e. The van der Waals surface area contributed by atoms with Crippen molar-refractivity contribution in [1.29, 1.82) is 0 Å². The molecule has 1 aromatic carbocycles. The van der Waals surface area contributed by atoms with Crippen LogP contribution in [-0.2, 0) is 6.18 Å². The van der Waals surface area contributed by atoms with Gasteiger partial charge in [-0.05, 0) is 48.6 Å². The van der Waals surface area contributed by atoms with E-state index in [-0.39, 0.29) is 0 Å². The van der Waals surface area contributed by atoms with Crippen LogP contribution in [0.3, 0.4) is 0 Å². The van der Waals surface area contributed by atoms with Crippen molar-refractivity contribution in [3.8, 4) is 11.3 Å². The third kappa shape index (κ3) is 4.79. The third-order valence-electron chi connectivity index (χ3n) is 6.33. The smallest absolute Gasteiger partial charge is 0.353 e. The number of rotatable bonds is 4.